The average molecular weight is 279 g/mol. The van der Waals surface area contributed by atoms with Crippen LogP contribution in [-0.2, 0) is 0 Å². The van der Waals surface area contributed by atoms with Crippen molar-refractivity contribution in [3.8, 4) is 0 Å². The molecule has 0 spiro atoms. The highest BCUT2D eigenvalue weighted by atomic mass is 19.1. The standard InChI is InChI=1S/C15H22FN3O/c1-19(10-11-5-3-2-4-6-11)14-8-7-12(9-13(14)16)15(17)18-20/h7-9,11,20H,2-6,10H2,1H3,(H2,17,18). The molecule has 0 radical (unpaired) electrons. The van der Waals surface area contributed by atoms with Crippen molar-refractivity contribution >= 4 is 11.5 Å². The molecule has 0 atom stereocenters. The molecule has 1 aromatic rings. The van der Waals surface area contributed by atoms with Gasteiger partial charge in [0.25, 0.3) is 0 Å². The predicted molar refractivity (Wildman–Crippen MR) is 78.8 cm³/mol. The maximum Gasteiger partial charge on any atom is 0.170 e. The third kappa shape index (κ3) is 3.40. The van der Waals surface area contributed by atoms with Gasteiger partial charge in [-0.2, -0.15) is 0 Å². The highest BCUT2D eigenvalue weighted by Crippen LogP contribution is 2.27. The van der Waals surface area contributed by atoms with Crippen LogP contribution in [0.3, 0.4) is 0 Å². The largest absolute Gasteiger partial charge is 0.409 e. The van der Waals surface area contributed by atoms with Crippen molar-refractivity contribution in [3.05, 3.63) is 29.6 Å². The van der Waals surface area contributed by atoms with Crippen molar-refractivity contribution in [1.29, 1.82) is 0 Å². The fourth-order valence-electron chi connectivity index (χ4n) is 2.89. The van der Waals surface area contributed by atoms with Gasteiger partial charge in [-0.1, -0.05) is 24.4 Å². The lowest BCUT2D eigenvalue weighted by Crippen LogP contribution is -2.27. The summed E-state index contributed by atoms with van der Waals surface area (Å²) >= 11 is 0. The third-order valence-corrected chi connectivity index (χ3v) is 4.02. The minimum Gasteiger partial charge on any atom is -0.409 e. The summed E-state index contributed by atoms with van der Waals surface area (Å²) in [6.07, 6.45) is 6.35. The normalized spacial score (nSPS) is 17.2. The van der Waals surface area contributed by atoms with Gasteiger partial charge in [-0.25, -0.2) is 4.39 Å². The molecule has 110 valence electrons. The first kappa shape index (κ1) is 14.6. The highest BCUT2D eigenvalue weighted by molar-refractivity contribution is 5.97. The predicted octanol–water partition coefficient (Wildman–Crippen LogP) is 2.94. The maximum atomic E-state index is 14.1. The Morgan fingerprint density at radius 2 is 2.10 bits per heavy atom. The fraction of sp³-hybridized carbons (Fsp3) is 0.533. The third-order valence-electron chi connectivity index (χ3n) is 4.02. The van der Waals surface area contributed by atoms with Gasteiger partial charge in [-0.05, 0) is 37.0 Å². The van der Waals surface area contributed by atoms with Gasteiger partial charge in [0.2, 0.25) is 0 Å². The van der Waals surface area contributed by atoms with E-state index in [0.29, 0.717) is 17.2 Å². The van der Waals surface area contributed by atoms with Gasteiger partial charge in [0.1, 0.15) is 5.82 Å². The van der Waals surface area contributed by atoms with Crippen molar-refractivity contribution in [1.82, 2.24) is 0 Å². The van der Waals surface area contributed by atoms with Crippen molar-refractivity contribution in [2.45, 2.75) is 32.1 Å². The van der Waals surface area contributed by atoms with E-state index < -0.39 is 0 Å². The summed E-state index contributed by atoms with van der Waals surface area (Å²) in [4.78, 5) is 1.96. The zero-order chi connectivity index (χ0) is 14.5. The summed E-state index contributed by atoms with van der Waals surface area (Å²) in [6, 6.07) is 4.66. The molecule has 0 amide bonds. The van der Waals surface area contributed by atoms with Gasteiger partial charge in [0.15, 0.2) is 5.84 Å². The van der Waals surface area contributed by atoms with Crippen molar-refractivity contribution < 1.29 is 9.60 Å². The van der Waals surface area contributed by atoms with Crippen LogP contribution in [0.4, 0.5) is 10.1 Å². The van der Waals surface area contributed by atoms with E-state index >= 15 is 0 Å². The summed E-state index contributed by atoms with van der Waals surface area (Å²) in [5.74, 6) is 0.231. The zero-order valence-corrected chi connectivity index (χ0v) is 11.8. The molecule has 3 N–H and O–H groups in total. The number of amidine groups is 1. The summed E-state index contributed by atoms with van der Waals surface area (Å²) in [6.45, 7) is 0.875. The molecule has 1 aliphatic carbocycles. The van der Waals surface area contributed by atoms with Gasteiger partial charge in [-0.15, -0.1) is 0 Å². The van der Waals surface area contributed by atoms with E-state index in [1.807, 2.05) is 11.9 Å². The van der Waals surface area contributed by atoms with E-state index in [0.717, 1.165) is 6.54 Å². The SMILES string of the molecule is CN(CC1CCCCC1)c1ccc(C(N)=NO)cc1F. The van der Waals surface area contributed by atoms with Crippen LogP contribution in [0.25, 0.3) is 0 Å². The van der Waals surface area contributed by atoms with E-state index in [9.17, 15) is 4.39 Å². The Bertz CT molecular complexity index is 484. The quantitative estimate of drug-likeness (QED) is 0.385. The van der Waals surface area contributed by atoms with Gasteiger partial charge in [-0.3, -0.25) is 0 Å². The molecule has 1 aromatic carbocycles. The number of anilines is 1. The van der Waals surface area contributed by atoms with Gasteiger partial charge in [0, 0.05) is 19.2 Å². The number of benzene rings is 1. The van der Waals surface area contributed by atoms with Crippen molar-refractivity contribution in [2.75, 3.05) is 18.5 Å². The molecule has 1 fully saturated rings. The molecule has 0 aromatic heterocycles. The van der Waals surface area contributed by atoms with E-state index in [1.165, 1.54) is 38.2 Å². The molecule has 5 heteroatoms. The van der Waals surface area contributed by atoms with E-state index in [4.69, 9.17) is 10.9 Å². The number of nitrogens with zero attached hydrogens (tertiary/aromatic N) is 2. The first-order chi connectivity index (χ1) is 9.61. The van der Waals surface area contributed by atoms with Crippen LogP contribution in [0.5, 0.6) is 0 Å². The van der Waals surface area contributed by atoms with Gasteiger partial charge < -0.3 is 15.8 Å². The van der Waals surface area contributed by atoms with Gasteiger partial charge in [0.05, 0.1) is 5.69 Å². The summed E-state index contributed by atoms with van der Waals surface area (Å²) < 4.78 is 14.1. The second-order valence-corrected chi connectivity index (χ2v) is 5.54. The minimum atomic E-state index is -0.340. The minimum absolute atomic E-state index is 0.0783. The van der Waals surface area contributed by atoms with Crippen molar-refractivity contribution in [2.24, 2.45) is 16.8 Å². The number of rotatable bonds is 4. The topological polar surface area (TPSA) is 61.8 Å². The molecule has 0 heterocycles. The molecule has 0 saturated heterocycles. The molecule has 0 aliphatic heterocycles. The van der Waals surface area contributed by atoms with Crippen LogP contribution >= 0.6 is 0 Å². The van der Waals surface area contributed by atoms with Crippen LogP contribution in [0.1, 0.15) is 37.7 Å². The fourth-order valence-corrected chi connectivity index (χ4v) is 2.89. The lowest BCUT2D eigenvalue weighted by atomic mass is 9.89. The van der Waals surface area contributed by atoms with Crippen LogP contribution < -0.4 is 10.6 Å². The van der Waals surface area contributed by atoms with Crippen LogP contribution in [0.2, 0.25) is 0 Å². The number of hydrogen-bond donors (Lipinski definition) is 2. The lowest BCUT2D eigenvalue weighted by molar-refractivity contribution is 0.318. The molecule has 0 unspecified atom stereocenters. The average Bonchev–Trinajstić information content (AvgIpc) is 2.47. The highest BCUT2D eigenvalue weighted by Gasteiger charge is 2.17. The lowest BCUT2D eigenvalue weighted by Gasteiger charge is -2.28. The Hall–Kier alpha value is -1.78. The van der Waals surface area contributed by atoms with Crippen LogP contribution in [0.15, 0.2) is 23.4 Å². The summed E-state index contributed by atoms with van der Waals surface area (Å²) in [5, 5.41) is 11.5. The smallest absolute Gasteiger partial charge is 0.170 e. The Labute approximate surface area is 119 Å². The number of hydrogen-bond acceptors (Lipinski definition) is 3. The molecule has 1 saturated carbocycles. The molecule has 4 nitrogen and oxygen atoms in total. The van der Waals surface area contributed by atoms with E-state index in [2.05, 4.69) is 5.16 Å². The zero-order valence-electron chi connectivity index (χ0n) is 11.8. The van der Waals surface area contributed by atoms with E-state index in [1.54, 1.807) is 12.1 Å². The molecular weight excluding hydrogens is 257 g/mol. The van der Waals surface area contributed by atoms with Crippen LogP contribution in [-0.4, -0.2) is 24.6 Å². The van der Waals surface area contributed by atoms with Crippen LogP contribution in [0, 0.1) is 11.7 Å². The monoisotopic (exact) mass is 279 g/mol. The molecule has 1 aliphatic rings. The first-order valence-corrected chi connectivity index (χ1v) is 7.10. The Morgan fingerprint density at radius 1 is 1.40 bits per heavy atom. The maximum absolute atomic E-state index is 14.1. The molecule has 20 heavy (non-hydrogen) atoms. The second kappa shape index (κ2) is 6.59. The number of halogens is 1. The Morgan fingerprint density at radius 3 is 2.70 bits per heavy atom. The molecule has 0 bridgehead atoms. The summed E-state index contributed by atoms with van der Waals surface area (Å²) in [5.41, 5.74) is 6.41. The Balaban J connectivity index is 2.07. The first-order valence-electron chi connectivity index (χ1n) is 7.10. The van der Waals surface area contributed by atoms with Gasteiger partial charge >= 0.3 is 0 Å². The number of oxime groups is 1. The molecular formula is C15H22FN3O. The van der Waals surface area contributed by atoms with Crippen molar-refractivity contribution in [3.63, 3.8) is 0 Å². The summed E-state index contributed by atoms with van der Waals surface area (Å²) in [7, 11) is 1.91. The Kier molecular flexibility index (Phi) is 4.82. The van der Waals surface area contributed by atoms with E-state index in [-0.39, 0.29) is 11.7 Å². The number of nitrogens with two attached hydrogens (primary N) is 1. The second-order valence-electron chi connectivity index (χ2n) is 5.54. The molecule has 2 rings (SSSR count).